The highest BCUT2D eigenvalue weighted by Crippen LogP contribution is 2.31. The molecule has 6 nitrogen and oxygen atoms in total. The van der Waals surface area contributed by atoms with E-state index >= 15 is 0 Å². The van der Waals surface area contributed by atoms with Crippen LogP contribution in [0.5, 0.6) is 5.75 Å². The van der Waals surface area contributed by atoms with Gasteiger partial charge in [-0.05, 0) is 42.0 Å². The van der Waals surface area contributed by atoms with Crippen LogP contribution in [0.1, 0.15) is 15.9 Å². The minimum Gasteiger partial charge on any atom is -0.496 e. The average molecular weight is 384 g/mol. The molecule has 0 atom stereocenters. The summed E-state index contributed by atoms with van der Waals surface area (Å²) in [5, 5.41) is 7.67. The van der Waals surface area contributed by atoms with E-state index in [2.05, 4.69) is 10.3 Å². The zero-order valence-corrected chi connectivity index (χ0v) is 15.9. The molecule has 0 saturated heterocycles. The zero-order valence-electron chi connectivity index (χ0n) is 15.9. The van der Waals surface area contributed by atoms with E-state index in [-0.39, 0.29) is 5.91 Å². The van der Waals surface area contributed by atoms with Gasteiger partial charge in [-0.2, -0.15) is 5.10 Å². The fourth-order valence-electron chi connectivity index (χ4n) is 3.07. The fourth-order valence-corrected chi connectivity index (χ4v) is 3.07. The van der Waals surface area contributed by atoms with E-state index in [9.17, 15) is 4.79 Å². The second kappa shape index (κ2) is 8.39. The lowest BCUT2D eigenvalue weighted by atomic mass is 10.1. The van der Waals surface area contributed by atoms with E-state index in [0.29, 0.717) is 23.6 Å². The maximum Gasteiger partial charge on any atom is 0.255 e. The molecule has 144 valence electrons. The van der Waals surface area contributed by atoms with E-state index in [0.717, 1.165) is 16.8 Å². The van der Waals surface area contributed by atoms with Crippen LogP contribution in [0.2, 0.25) is 0 Å². The SMILES string of the molecule is COc1ccccc1-c1nn(-c2ccccc2)cc1C(=O)NCc1ccncc1. The van der Waals surface area contributed by atoms with Gasteiger partial charge in [-0.25, -0.2) is 4.68 Å². The molecule has 29 heavy (non-hydrogen) atoms. The number of methoxy groups -OCH3 is 1. The molecule has 2 aromatic carbocycles. The van der Waals surface area contributed by atoms with Crippen LogP contribution >= 0.6 is 0 Å². The first-order chi connectivity index (χ1) is 14.3. The lowest BCUT2D eigenvalue weighted by molar-refractivity contribution is 0.0951. The van der Waals surface area contributed by atoms with Crippen LogP contribution in [-0.2, 0) is 6.54 Å². The molecule has 4 aromatic rings. The Balaban J connectivity index is 1.73. The largest absolute Gasteiger partial charge is 0.496 e. The molecule has 1 N–H and O–H groups in total. The van der Waals surface area contributed by atoms with Gasteiger partial charge in [0.1, 0.15) is 11.4 Å². The van der Waals surface area contributed by atoms with Gasteiger partial charge >= 0.3 is 0 Å². The molecule has 0 aliphatic carbocycles. The van der Waals surface area contributed by atoms with Crippen molar-refractivity contribution in [2.24, 2.45) is 0 Å². The van der Waals surface area contributed by atoms with Gasteiger partial charge in [0.05, 0.1) is 18.4 Å². The molecule has 2 aromatic heterocycles. The summed E-state index contributed by atoms with van der Waals surface area (Å²) in [5.74, 6) is 0.457. The van der Waals surface area contributed by atoms with Gasteiger partial charge in [-0.15, -0.1) is 0 Å². The summed E-state index contributed by atoms with van der Waals surface area (Å²) < 4.78 is 7.20. The van der Waals surface area contributed by atoms with Crippen molar-refractivity contribution in [1.29, 1.82) is 0 Å². The molecular weight excluding hydrogens is 364 g/mol. The van der Waals surface area contributed by atoms with Crippen molar-refractivity contribution in [3.8, 4) is 22.7 Å². The van der Waals surface area contributed by atoms with Gasteiger partial charge in [0.2, 0.25) is 0 Å². The summed E-state index contributed by atoms with van der Waals surface area (Å²) in [6.45, 7) is 0.406. The highest BCUT2D eigenvalue weighted by atomic mass is 16.5. The first-order valence-electron chi connectivity index (χ1n) is 9.22. The van der Waals surface area contributed by atoms with Gasteiger partial charge < -0.3 is 10.1 Å². The Morgan fingerprint density at radius 3 is 2.48 bits per heavy atom. The molecule has 0 unspecified atom stereocenters. The molecule has 1 amide bonds. The maximum atomic E-state index is 13.0. The van der Waals surface area contributed by atoms with Crippen molar-refractivity contribution in [3.63, 3.8) is 0 Å². The Hall–Kier alpha value is -3.93. The van der Waals surface area contributed by atoms with Crippen molar-refractivity contribution < 1.29 is 9.53 Å². The topological polar surface area (TPSA) is 69.0 Å². The number of nitrogens with one attached hydrogen (secondary N) is 1. The molecule has 0 spiro atoms. The van der Waals surface area contributed by atoms with Crippen LogP contribution in [0.15, 0.2) is 85.3 Å². The summed E-state index contributed by atoms with van der Waals surface area (Å²) in [5.41, 5.74) is 3.66. The number of pyridine rings is 1. The number of carbonyl (C=O) groups excluding carboxylic acids is 1. The number of para-hydroxylation sites is 2. The third-order valence-corrected chi connectivity index (χ3v) is 4.54. The monoisotopic (exact) mass is 384 g/mol. The smallest absolute Gasteiger partial charge is 0.255 e. The molecule has 4 rings (SSSR count). The maximum absolute atomic E-state index is 13.0. The van der Waals surface area contributed by atoms with Crippen LogP contribution in [0.4, 0.5) is 0 Å². The van der Waals surface area contributed by atoms with Crippen LogP contribution in [-0.4, -0.2) is 27.8 Å². The highest BCUT2D eigenvalue weighted by molar-refractivity contribution is 6.00. The van der Waals surface area contributed by atoms with Crippen molar-refractivity contribution in [3.05, 3.63) is 96.4 Å². The minimum atomic E-state index is -0.204. The number of aromatic nitrogens is 3. The molecule has 0 radical (unpaired) electrons. The molecule has 0 aliphatic rings. The van der Waals surface area contributed by atoms with Gasteiger partial charge in [0.15, 0.2) is 0 Å². The van der Waals surface area contributed by atoms with Crippen molar-refractivity contribution in [2.45, 2.75) is 6.54 Å². The average Bonchev–Trinajstić information content (AvgIpc) is 3.24. The molecule has 0 fully saturated rings. The number of carbonyl (C=O) groups is 1. The summed E-state index contributed by atoms with van der Waals surface area (Å²) in [4.78, 5) is 17.0. The standard InChI is InChI=1S/C23H20N4O2/c1-29-21-10-6-5-9-19(21)22-20(16-27(26-22)18-7-3-2-4-8-18)23(28)25-15-17-11-13-24-14-12-17/h2-14,16H,15H2,1H3,(H,25,28). The van der Waals surface area contributed by atoms with Gasteiger partial charge in [0, 0.05) is 30.7 Å². The number of benzene rings is 2. The molecule has 2 heterocycles. The predicted octanol–water partition coefficient (Wildman–Crippen LogP) is 3.87. The predicted molar refractivity (Wildman–Crippen MR) is 111 cm³/mol. The lowest BCUT2D eigenvalue weighted by Gasteiger charge is -2.08. The lowest BCUT2D eigenvalue weighted by Crippen LogP contribution is -2.23. The number of nitrogens with zero attached hydrogens (tertiary/aromatic N) is 3. The van der Waals surface area contributed by atoms with Crippen LogP contribution in [0.25, 0.3) is 16.9 Å². The summed E-state index contributed by atoms with van der Waals surface area (Å²) in [6, 6.07) is 21.0. The van der Waals surface area contributed by atoms with E-state index in [1.54, 1.807) is 30.4 Å². The quantitative estimate of drug-likeness (QED) is 0.548. The minimum absolute atomic E-state index is 0.204. The summed E-state index contributed by atoms with van der Waals surface area (Å²) in [6.07, 6.45) is 5.16. The zero-order chi connectivity index (χ0) is 20.1. The van der Waals surface area contributed by atoms with Crippen LogP contribution in [0, 0.1) is 0 Å². The summed E-state index contributed by atoms with van der Waals surface area (Å²) >= 11 is 0. The number of rotatable bonds is 6. The first-order valence-corrected chi connectivity index (χ1v) is 9.22. The molecular formula is C23H20N4O2. The van der Waals surface area contributed by atoms with Crippen LogP contribution in [0.3, 0.4) is 0 Å². The molecule has 0 aliphatic heterocycles. The Morgan fingerprint density at radius 1 is 1.00 bits per heavy atom. The Kier molecular flexibility index (Phi) is 5.33. The number of ether oxygens (including phenoxy) is 1. The molecule has 0 saturated carbocycles. The number of hydrogen-bond donors (Lipinski definition) is 1. The Bertz CT molecular complexity index is 1110. The third kappa shape index (κ3) is 4.01. The first kappa shape index (κ1) is 18.4. The molecule has 0 bridgehead atoms. The summed E-state index contributed by atoms with van der Waals surface area (Å²) in [7, 11) is 1.61. The number of hydrogen-bond acceptors (Lipinski definition) is 4. The van der Waals surface area contributed by atoms with Crippen molar-refractivity contribution in [2.75, 3.05) is 7.11 Å². The van der Waals surface area contributed by atoms with Gasteiger partial charge in [0.25, 0.3) is 5.91 Å². The van der Waals surface area contributed by atoms with Crippen molar-refractivity contribution >= 4 is 5.91 Å². The van der Waals surface area contributed by atoms with E-state index in [4.69, 9.17) is 9.84 Å². The van der Waals surface area contributed by atoms with Crippen LogP contribution < -0.4 is 10.1 Å². The third-order valence-electron chi connectivity index (χ3n) is 4.54. The Labute approximate surface area is 168 Å². The number of amides is 1. The second-order valence-corrected chi connectivity index (χ2v) is 6.41. The Morgan fingerprint density at radius 2 is 1.72 bits per heavy atom. The highest BCUT2D eigenvalue weighted by Gasteiger charge is 2.21. The second-order valence-electron chi connectivity index (χ2n) is 6.41. The van der Waals surface area contributed by atoms with Gasteiger partial charge in [-0.3, -0.25) is 9.78 Å². The fraction of sp³-hybridized carbons (Fsp3) is 0.0870. The van der Waals surface area contributed by atoms with E-state index in [1.165, 1.54) is 0 Å². The van der Waals surface area contributed by atoms with E-state index < -0.39 is 0 Å². The molecule has 6 heteroatoms. The van der Waals surface area contributed by atoms with Crippen molar-refractivity contribution in [1.82, 2.24) is 20.1 Å². The van der Waals surface area contributed by atoms with E-state index in [1.807, 2.05) is 66.7 Å². The normalized spacial score (nSPS) is 10.5. The van der Waals surface area contributed by atoms with Gasteiger partial charge in [-0.1, -0.05) is 30.3 Å².